The molecule has 1 aliphatic rings. The van der Waals surface area contributed by atoms with Crippen LogP contribution in [0.3, 0.4) is 0 Å². The zero-order chi connectivity index (χ0) is 15.2. The predicted molar refractivity (Wildman–Crippen MR) is 89.1 cm³/mol. The molecule has 2 rings (SSSR count). The van der Waals surface area contributed by atoms with Crippen molar-refractivity contribution in [3.8, 4) is 0 Å². The third kappa shape index (κ3) is 4.56. The molecule has 0 nitrogen and oxygen atoms in total. The zero-order valence-electron chi connectivity index (χ0n) is 14.0. The Balaban J connectivity index is 1.90. The highest BCUT2D eigenvalue weighted by Crippen LogP contribution is 2.35. The van der Waals surface area contributed by atoms with E-state index in [4.69, 9.17) is 0 Å². The maximum Gasteiger partial charge on any atom is 0.126 e. The number of rotatable bonds is 6. The number of halogens is 1. The highest BCUT2D eigenvalue weighted by molar-refractivity contribution is 5.26. The fraction of sp³-hybridized carbons (Fsp3) is 0.700. The van der Waals surface area contributed by atoms with Gasteiger partial charge < -0.3 is 0 Å². The van der Waals surface area contributed by atoms with Crippen molar-refractivity contribution in [1.82, 2.24) is 0 Å². The van der Waals surface area contributed by atoms with Crippen LogP contribution in [0.1, 0.15) is 82.3 Å². The largest absolute Gasteiger partial charge is 0.207 e. The molecular formula is C20H31F. The highest BCUT2D eigenvalue weighted by Gasteiger charge is 2.21. The number of hydrogen-bond acceptors (Lipinski definition) is 0. The third-order valence-electron chi connectivity index (χ3n) is 5.57. The highest BCUT2D eigenvalue weighted by atomic mass is 19.1. The van der Waals surface area contributed by atoms with E-state index in [9.17, 15) is 4.39 Å². The lowest BCUT2D eigenvalue weighted by molar-refractivity contribution is 0.244. The van der Waals surface area contributed by atoms with E-state index in [1.54, 1.807) is 6.07 Å². The summed E-state index contributed by atoms with van der Waals surface area (Å²) in [5.74, 6) is 2.31. The molecule has 0 saturated heterocycles. The first-order chi connectivity index (χ1) is 10.1. The summed E-state index contributed by atoms with van der Waals surface area (Å²) in [7, 11) is 0. The summed E-state index contributed by atoms with van der Waals surface area (Å²) in [6.45, 7) is 6.57. The van der Waals surface area contributed by atoms with Gasteiger partial charge in [0.15, 0.2) is 0 Å². The second-order valence-electron chi connectivity index (χ2n) is 7.07. The molecule has 118 valence electrons. The molecule has 1 aliphatic carbocycles. The fourth-order valence-corrected chi connectivity index (χ4v) is 3.93. The van der Waals surface area contributed by atoms with E-state index in [-0.39, 0.29) is 5.82 Å². The Hall–Kier alpha value is -0.850. The van der Waals surface area contributed by atoms with Crippen molar-refractivity contribution in [2.45, 2.75) is 78.1 Å². The quantitative estimate of drug-likeness (QED) is 0.552. The Labute approximate surface area is 130 Å². The van der Waals surface area contributed by atoms with Crippen molar-refractivity contribution < 1.29 is 4.39 Å². The lowest BCUT2D eigenvalue weighted by Gasteiger charge is -2.29. The van der Waals surface area contributed by atoms with Crippen LogP contribution < -0.4 is 0 Å². The first-order valence-electron chi connectivity index (χ1n) is 8.87. The topological polar surface area (TPSA) is 0 Å². The Kier molecular flexibility index (Phi) is 6.26. The minimum absolute atomic E-state index is 0.0795. The molecular weight excluding hydrogens is 259 g/mol. The van der Waals surface area contributed by atoms with E-state index in [0.717, 1.165) is 23.8 Å². The zero-order valence-corrected chi connectivity index (χ0v) is 14.0. The van der Waals surface area contributed by atoms with Gasteiger partial charge >= 0.3 is 0 Å². The third-order valence-corrected chi connectivity index (χ3v) is 5.57. The van der Waals surface area contributed by atoms with Gasteiger partial charge in [-0.1, -0.05) is 58.1 Å². The summed E-state index contributed by atoms with van der Waals surface area (Å²) in [4.78, 5) is 0. The molecule has 1 aromatic carbocycles. The molecule has 0 heterocycles. The van der Waals surface area contributed by atoms with Crippen LogP contribution in [-0.4, -0.2) is 0 Å². The molecule has 21 heavy (non-hydrogen) atoms. The average molecular weight is 290 g/mol. The van der Waals surface area contributed by atoms with Crippen LogP contribution in [-0.2, 0) is 0 Å². The molecule has 0 aliphatic heterocycles. The van der Waals surface area contributed by atoms with Gasteiger partial charge in [-0.15, -0.1) is 0 Å². The van der Waals surface area contributed by atoms with Gasteiger partial charge in [0.25, 0.3) is 0 Å². The summed E-state index contributed by atoms with van der Waals surface area (Å²) >= 11 is 0. The summed E-state index contributed by atoms with van der Waals surface area (Å²) in [6, 6.07) is 5.68. The van der Waals surface area contributed by atoms with Gasteiger partial charge in [0, 0.05) is 0 Å². The van der Waals surface area contributed by atoms with Gasteiger partial charge in [0.1, 0.15) is 5.82 Å². The van der Waals surface area contributed by atoms with Crippen LogP contribution in [0.4, 0.5) is 4.39 Å². The Bertz CT molecular complexity index is 431. The van der Waals surface area contributed by atoms with Gasteiger partial charge in [-0.2, -0.15) is 0 Å². The van der Waals surface area contributed by atoms with E-state index < -0.39 is 0 Å². The van der Waals surface area contributed by atoms with E-state index in [1.807, 2.05) is 13.0 Å². The summed E-state index contributed by atoms with van der Waals surface area (Å²) in [6.07, 6.45) is 10.9. The standard InChI is InChI=1S/C20H31F/c1-4-17(19-12-13-20(21)16(3)14-19)11-10-15(2)18-8-6-5-7-9-18/h12-15,17-18H,4-11H2,1-3H3. The molecule has 1 heteroatoms. The molecule has 0 aromatic heterocycles. The van der Waals surface area contributed by atoms with E-state index >= 15 is 0 Å². The smallest absolute Gasteiger partial charge is 0.126 e. The van der Waals surface area contributed by atoms with Crippen LogP contribution in [0.25, 0.3) is 0 Å². The van der Waals surface area contributed by atoms with Gasteiger partial charge in [-0.25, -0.2) is 4.39 Å². The SMILES string of the molecule is CCC(CCC(C)C1CCCCC1)c1ccc(F)c(C)c1. The predicted octanol–water partition coefficient (Wildman–Crippen LogP) is 6.62. The van der Waals surface area contributed by atoms with Gasteiger partial charge in [-0.05, 0) is 61.1 Å². The fourth-order valence-electron chi connectivity index (χ4n) is 3.93. The van der Waals surface area contributed by atoms with Crippen LogP contribution in [0.15, 0.2) is 18.2 Å². The van der Waals surface area contributed by atoms with Crippen molar-refractivity contribution in [2.24, 2.45) is 11.8 Å². The Morgan fingerprint density at radius 1 is 1.14 bits per heavy atom. The molecule has 2 atom stereocenters. The Morgan fingerprint density at radius 2 is 1.86 bits per heavy atom. The van der Waals surface area contributed by atoms with Crippen molar-refractivity contribution in [1.29, 1.82) is 0 Å². The molecule has 0 spiro atoms. The molecule has 0 radical (unpaired) electrons. The van der Waals surface area contributed by atoms with Crippen molar-refractivity contribution >= 4 is 0 Å². The molecule has 0 amide bonds. The maximum atomic E-state index is 13.4. The van der Waals surface area contributed by atoms with Crippen LogP contribution in [0.5, 0.6) is 0 Å². The number of hydrogen-bond donors (Lipinski definition) is 0. The summed E-state index contributed by atoms with van der Waals surface area (Å²) in [5.41, 5.74) is 2.11. The minimum Gasteiger partial charge on any atom is -0.207 e. The first kappa shape index (κ1) is 16.5. The first-order valence-corrected chi connectivity index (χ1v) is 8.87. The van der Waals surface area contributed by atoms with Gasteiger partial charge in [0.05, 0.1) is 0 Å². The van der Waals surface area contributed by atoms with E-state index in [2.05, 4.69) is 19.9 Å². The van der Waals surface area contributed by atoms with Crippen molar-refractivity contribution in [3.05, 3.63) is 35.1 Å². The summed E-state index contributed by atoms with van der Waals surface area (Å²) in [5, 5.41) is 0. The van der Waals surface area contributed by atoms with Crippen LogP contribution in [0, 0.1) is 24.6 Å². The average Bonchev–Trinajstić information content (AvgIpc) is 2.52. The number of benzene rings is 1. The van der Waals surface area contributed by atoms with Crippen molar-refractivity contribution in [3.63, 3.8) is 0 Å². The molecule has 1 aromatic rings. The molecule has 1 saturated carbocycles. The lowest BCUT2D eigenvalue weighted by atomic mass is 9.77. The Morgan fingerprint density at radius 3 is 2.48 bits per heavy atom. The summed E-state index contributed by atoms with van der Waals surface area (Å²) < 4.78 is 13.4. The minimum atomic E-state index is -0.0795. The van der Waals surface area contributed by atoms with E-state index in [1.165, 1.54) is 50.5 Å². The normalized spacial score (nSPS) is 19.4. The monoisotopic (exact) mass is 290 g/mol. The van der Waals surface area contributed by atoms with Gasteiger partial charge in [-0.3, -0.25) is 0 Å². The molecule has 0 bridgehead atoms. The second kappa shape index (κ2) is 7.96. The van der Waals surface area contributed by atoms with Crippen LogP contribution in [0.2, 0.25) is 0 Å². The van der Waals surface area contributed by atoms with E-state index in [0.29, 0.717) is 5.92 Å². The molecule has 0 N–H and O–H groups in total. The molecule has 1 fully saturated rings. The second-order valence-corrected chi connectivity index (χ2v) is 7.07. The lowest BCUT2D eigenvalue weighted by Crippen LogP contribution is -2.16. The van der Waals surface area contributed by atoms with Crippen molar-refractivity contribution in [2.75, 3.05) is 0 Å². The van der Waals surface area contributed by atoms with Crippen LogP contribution >= 0.6 is 0 Å². The molecule has 2 unspecified atom stereocenters. The van der Waals surface area contributed by atoms with Gasteiger partial charge in [0.2, 0.25) is 0 Å². The number of aryl methyl sites for hydroxylation is 1. The maximum absolute atomic E-state index is 13.4.